The monoisotopic (exact) mass is 174 g/mol. The highest BCUT2D eigenvalue weighted by molar-refractivity contribution is 5.86. The average Bonchev–Trinajstić information content (AvgIpc) is 2.02. The van der Waals surface area contributed by atoms with E-state index in [4.69, 9.17) is 5.11 Å². The van der Waals surface area contributed by atoms with Crippen molar-refractivity contribution in [2.24, 2.45) is 0 Å². The Labute approximate surface area is 69.6 Å². The molecule has 0 saturated carbocycles. The Morgan fingerprint density at radius 3 is 2.42 bits per heavy atom. The lowest BCUT2D eigenvalue weighted by molar-refractivity contribution is -0.216. The van der Waals surface area contributed by atoms with Gasteiger partial charge in [0, 0.05) is 13.0 Å². The van der Waals surface area contributed by atoms with Crippen LogP contribution in [0, 0.1) is 0 Å². The summed E-state index contributed by atoms with van der Waals surface area (Å²) in [4.78, 5) is 21.2. The first-order valence-corrected chi connectivity index (χ1v) is 3.10. The van der Waals surface area contributed by atoms with Crippen molar-refractivity contribution in [1.29, 1.82) is 0 Å². The Balaban J connectivity index is 4.31. The minimum absolute atomic E-state index is 0.831. The van der Waals surface area contributed by atoms with Crippen LogP contribution in [0.25, 0.3) is 0 Å². The molecule has 1 N–H and O–H groups in total. The van der Waals surface area contributed by atoms with Gasteiger partial charge in [0.15, 0.2) is 0 Å². The van der Waals surface area contributed by atoms with Gasteiger partial charge in [-0.05, 0) is 0 Å². The average molecular weight is 174 g/mol. The van der Waals surface area contributed by atoms with Gasteiger partial charge in [0.1, 0.15) is 0 Å². The lowest BCUT2D eigenvalue weighted by Gasteiger charge is -2.18. The van der Waals surface area contributed by atoms with Crippen LogP contribution in [0.15, 0.2) is 12.7 Å². The normalized spacial score (nSPS) is 14.2. The first-order chi connectivity index (χ1) is 5.44. The van der Waals surface area contributed by atoms with Gasteiger partial charge < -0.3 is 14.6 Å². The number of carbonyl (C=O) groups excluding carboxylic acids is 2. The van der Waals surface area contributed by atoms with Gasteiger partial charge in [0.2, 0.25) is 0 Å². The summed E-state index contributed by atoms with van der Waals surface area (Å²) in [7, 11) is 1.07. The van der Waals surface area contributed by atoms with Crippen molar-refractivity contribution in [3.05, 3.63) is 12.7 Å². The quantitative estimate of drug-likeness (QED) is 0.358. The Bertz CT molecular complexity index is 206. The molecule has 0 aromatic rings. The van der Waals surface area contributed by atoms with Gasteiger partial charge in [-0.25, -0.2) is 9.59 Å². The SMILES string of the molecule is C=CC(=O)OC(C)(O)C(=O)OC. The summed E-state index contributed by atoms with van der Waals surface area (Å²) in [6, 6.07) is 0. The molecule has 0 fully saturated rings. The van der Waals surface area contributed by atoms with E-state index in [0.717, 1.165) is 20.1 Å². The number of methoxy groups -OCH3 is 1. The summed E-state index contributed by atoms with van der Waals surface area (Å²) >= 11 is 0. The fraction of sp³-hybridized carbons (Fsp3) is 0.429. The predicted molar refractivity (Wildman–Crippen MR) is 38.9 cm³/mol. The second-order valence-corrected chi connectivity index (χ2v) is 2.10. The molecule has 0 aliphatic carbocycles. The van der Waals surface area contributed by atoms with Crippen molar-refractivity contribution in [1.82, 2.24) is 0 Å². The molecule has 0 amide bonds. The van der Waals surface area contributed by atoms with Crippen molar-refractivity contribution >= 4 is 11.9 Å². The summed E-state index contributed by atoms with van der Waals surface area (Å²) in [6.45, 7) is 4.09. The van der Waals surface area contributed by atoms with Crippen molar-refractivity contribution in [2.75, 3.05) is 7.11 Å². The number of hydrogen-bond donors (Lipinski definition) is 1. The highest BCUT2D eigenvalue weighted by Crippen LogP contribution is 2.07. The molecule has 68 valence electrons. The number of esters is 2. The van der Waals surface area contributed by atoms with Crippen LogP contribution in [0.2, 0.25) is 0 Å². The first-order valence-electron chi connectivity index (χ1n) is 3.10. The molecular formula is C7H10O5. The summed E-state index contributed by atoms with van der Waals surface area (Å²) in [6.07, 6.45) is 0.831. The molecular weight excluding hydrogens is 164 g/mol. The molecule has 1 unspecified atom stereocenters. The van der Waals surface area contributed by atoms with Crippen LogP contribution in [0.5, 0.6) is 0 Å². The molecule has 0 rings (SSSR count). The Kier molecular flexibility index (Phi) is 3.43. The number of aliphatic hydroxyl groups is 1. The van der Waals surface area contributed by atoms with E-state index in [0.29, 0.717) is 0 Å². The van der Waals surface area contributed by atoms with E-state index in [9.17, 15) is 9.59 Å². The van der Waals surface area contributed by atoms with Crippen molar-refractivity contribution in [3.63, 3.8) is 0 Å². The molecule has 0 aliphatic rings. The maximum Gasteiger partial charge on any atom is 0.379 e. The Morgan fingerprint density at radius 1 is 1.58 bits per heavy atom. The molecule has 0 spiro atoms. The second kappa shape index (κ2) is 3.87. The summed E-state index contributed by atoms with van der Waals surface area (Å²) < 4.78 is 8.42. The van der Waals surface area contributed by atoms with Gasteiger partial charge >= 0.3 is 17.7 Å². The highest BCUT2D eigenvalue weighted by Gasteiger charge is 2.35. The topological polar surface area (TPSA) is 72.8 Å². The number of ether oxygens (including phenoxy) is 2. The van der Waals surface area contributed by atoms with Crippen molar-refractivity contribution < 1.29 is 24.2 Å². The van der Waals surface area contributed by atoms with Crippen LogP contribution in [0.4, 0.5) is 0 Å². The summed E-state index contributed by atoms with van der Waals surface area (Å²) in [5.74, 6) is -4.19. The van der Waals surface area contributed by atoms with Gasteiger partial charge in [0.05, 0.1) is 7.11 Å². The maximum atomic E-state index is 10.7. The number of hydrogen-bond acceptors (Lipinski definition) is 5. The molecule has 12 heavy (non-hydrogen) atoms. The third-order valence-corrected chi connectivity index (χ3v) is 1.03. The zero-order valence-electron chi connectivity index (χ0n) is 6.86. The van der Waals surface area contributed by atoms with Crippen LogP contribution in [-0.2, 0) is 19.1 Å². The second-order valence-electron chi connectivity index (χ2n) is 2.10. The molecule has 0 bridgehead atoms. The standard InChI is InChI=1S/C7H10O5/c1-4-5(8)12-7(2,10)6(9)11-3/h4,10H,1H2,2-3H3. The van der Waals surface area contributed by atoms with Gasteiger partial charge in [-0.3, -0.25) is 0 Å². The molecule has 5 heteroatoms. The lowest BCUT2D eigenvalue weighted by atomic mass is 10.3. The van der Waals surface area contributed by atoms with Gasteiger partial charge in [-0.2, -0.15) is 0 Å². The van der Waals surface area contributed by atoms with E-state index in [2.05, 4.69) is 16.1 Å². The predicted octanol–water partition coefficient (Wildman–Crippen LogP) is -0.403. The van der Waals surface area contributed by atoms with E-state index in [-0.39, 0.29) is 0 Å². The molecule has 0 aromatic heterocycles. The van der Waals surface area contributed by atoms with Crippen LogP contribution < -0.4 is 0 Å². The molecule has 0 aromatic carbocycles. The Hall–Kier alpha value is -1.36. The summed E-state index contributed by atoms with van der Waals surface area (Å²) in [5, 5.41) is 9.12. The molecule has 0 saturated heterocycles. The fourth-order valence-corrected chi connectivity index (χ4v) is 0.469. The number of rotatable bonds is 3. The minimum Gasteiger partial charge on any atom is -0.464 e. The highest BCUT2D eigenvalue weighted by atomic mass is 16.7. The minimum atomic E-state index is -2.25. The third kappa shape index (κ3) is 2.71. The smallest absolute Gasteiger partial charge is 0.379 e. The lowest BCUT2D eigenvalue weighted by Crippen LogP contribution is -2.40. The van der Waals surface area contributed by atoms with E-state index in [1.54, 1.807) is 0 Å². The van der Waals surface area contributed by atoms with Crippen LogP contribution >= 0.6 is 0 Å². The fourth-order valence-electron chi connectivity index (χ4n) is 0.469. The molecule has 0 radical (unpaired) electrons. The largest absolute Gasteiger partial charge is 0.464 e. The van der Waals surface area contributed by atoms with Crippen LogP contribution in [-0.4, -0.2) is 29.9 Å². The van der Waals surface area contributed by atoms with E-state index in [1.807, 2.05) is 0 Å². The van der Waals surface area contributed by atoms with Crippen molar-refractivity contribution in [3.8, 4) is 0 Å². The van der Waals surface area contributed by atoms with Gasteiger partial charge in [-0.15, -0.1) is 0 Å². The third-order valence-electron chi connectivity index (χ3n) is 1.03. The summed E-state index contributed by atoms with van der Waals surface area (Å²) in [5.41, 5.74) is 0. The number of carbonyl (C=O) groups is 2. The van der Waals surface area contributed by atoms with Gasteiger partial charge in [-0.1, -0.05) is 6.58 Å². The van der Waals surface area contributed by atoms with E-state index < -0.39 is 17.7 Å². The van der Waals surface area contributed by atoms with E-state index >= 15 is 0 Å². The van der Waals surface area contributed by atoms with Crippen LogP contribution in [0.1, 0.15) is 6.92 Å². The Morgan fingerprint density at radius 2 is 2.08 bits per heavy atom. The zero-order valence-corrected chi connectivity index (χ0v) is 6.86. The van der Waals surface area contributed by atoms with E-state index in [1.165, 1.54) is 0 Å². The first kappa shape index (κ1) is 10.6. The van der Waals surface area contributed by atoms with Gasteiger partial charge in [0.25, 0.3) is 0 Å². The molecule has 0 aliphatic heterocycles. The van der Waals surface area contributed by atoms with Crippen molar-refractivity contribution in [2.45, 2.75) is 12.7 Å². The van der Waals surface area contributed by atoms with Crippen LogP contribution in [0.3, 0.4) is 0 Å². The molecule has 0 heterocycles. The molecule has 1 atom stereocenters. The molecule has 5 nitrogen and oxygen atoms in total. The maximum absolute atomic E-state index is 10.7. The zero-order chi connectivity index (χ0) is 9.78.